The van der Waals surface area contributed by atoms with Gasteiger partial charge in [-0.1, -0.05) is 23.4 Å². The van der Waals surface area contributed by atoms with E-state index in [1.165, 1.54) is 6.07 Å². The molecule has 0 unspecified atom stereocenters. The van der Waals surface area contributed by atoms with Crippen LogP contribution in [0.25, 0.3) is 0 Å². The van der Waals surface area contributed by atoms with Crippen molar-refractivity contribution in [2.75, 3.05) is 13.6 Å². The van der Waals surface area contributed by atoms with E-state index in [0.29, 0.717) is 23.7 Å². The maximum atomic E-state index is 12.6. The number of rotatable bonds is 6. The third-order valence-electron chi connectivity index (χ3n) is 2.95. The zero-order chi connectivity index (χ0) is 15.3. The zero-order valence-electron chi connectivity index (χ0n) is 11.6. The third kappa shape index (κ3) is 4.56. The van der Waals surface area contributed by atoms with E-state index in [9.17, 15) is 13.2 Å². The third-order valence-corrected chi connectivity index (χ3v) is 2.95. The Labute approximate surface area is 120 Å². The van der Waals surface area contributed by atoms with Crippen LogP contribution in [0.3, 0.4) is 0 Å². The Morgan fingerprint density at radius 3 is 2.81 bits per heavy atom. The molecule has 0 atom stereocenters. The summed E-state index contributed by atoms with van der Waals surface area (Å²) in [6.07, 6.45) is -2.60. The first-order valence-electron chi connectivity index (χ1n) is 6.61. The molecule has 0 saturated heterocycles. The lowest BCUT2D eigenvalue weighted by atomic mass is 10.1. The first-order chi connectivity index (χ1) is 9.99. The average Bonchev–Trinajstić information content (AvgIpc) is 2.86. The number of hydrogen-bond donors (Lipinski definition) is 1. The number of aryl methyl sites for hydroxylation is 1. The first-order valence-corrected chi connectivity index (χ1v) is 6.61. The van der Waals surface area contributed by atoms with Gasteiger partial charge in [-0.2, -0.15) is 18.2 Å². The molecule has 2 aromatic rings. The van der Waals surface area contributed by atoms with Crippen LogP contribution < -0.4 is 5.32 Å². The number of alkyl halides is 3. The highest BCUT2D eigenvalue weighted by atomic mass is 19.4. The van der Waals surface area contributed by atoms with Crippen LogP contribution in [0, 0.1) is 0 Å². The van der Waals surface area contributed by atoms with Gasteiger partial charge in [0.25, 0.3) is 0 Å². The van der Waals surface area contributed by atoms with Crippen LogP contribution in [0.5, 0.6) is 0 Å². The summed E-state index contributed by atoms with van der Waals surface area (Å²) < 4.78 is 42.9. The van der Waals surface area contributed by atoms with Crippen molar-refractivity contribution >= 4 is 0 Å². The highest BCUT2D eigenvalue weighted by molar-refractivity contribution is 5.27. The molecule has 0 aliphatic carbocycles. The van der Waals surface area contributed by atoms with Crippen LogP contribution >= 0.6 is 0 Å². The van der Waals surface area contributed by atoms with Crippen molar-refractivity contribution in [3.05, 3.63) is 47.1 Å². The van der Waals surface area contributed by atoms with Gasteiger partial charge < -0.3 is 9.84 Å². The summed E-state index contributed by atoms with van der Waals surface area (Å²) in [5, 5.41) is 6.83. The Bertz CT molecular complexity index is 581. The quantitative estimate of drug-likeness (QED) is 0.833. The van der Waals surface area contributed by atoms with Crippen molar-refractivity contribution in [1.29, 1.82) is 0 Å². The smallest absolute Gasteiger partial charge is 0.339 e. The van der Waals surface area contributed by atoms with Gasteiger partial charge in [-0.15, -0.1) is 0 Å². The molecule has 114 valence electrons. The number of hydrogen-bond acceptors (Lipinski definition) is 4. The monoisotopic (exact) mass is 299 g/mol. The molecule has 0 fully saturated rings. The van der Waals surface area contributed by atoms with Gasteiger partial charge >= 0.3 is 6.18 Å². The van der Waals surface area contributed by atoms with E-state index in [1.54, 1.807) is 6.07 Å². The van der Waals surface area contributed by atoms with Crippen molar-refractivity contribution in [2.24, 2.45) is 0 Å². The van der Waals surface area contributed by atoms with Crippen LogP contribution in [0.15, 0.2) is 28.8 Å². The Hall–Kier alpha value is -1.89. The Kier molecular flexibility index (Phi) is 4.95. The van der Waals surface area contributed by atoms with Gasteiger partial charge in [0.1, 0.15) is 0 Å². The van der Waals surface area contributed by atoms with Gasteiger partial charge in [-0.25, -0.2) is 0 Å². The van der Waals surface area contributed by atoms with E-state index in [2.05, 4.69) is 15.5 Å². The maximum absolute atomic E-state index is 12.6. The minimum absolute atomic E-state index is 0.197. The van der Waals surface area contributed by atoms with Crippen molar-refractivity contribution in [2.45, 2.75) is 25.4 Å². The van der Waals surface area contributed by atoms with Crippen molar-refractivity contribution in [1.82, 2.24) is 15.5 Å². The fourth-order valence-electron chi connectivity index (χ4n) is 1.92. The van der Waals surface area contributed by atoms with Crippen LogP contribution in [0.4, 0.5) is 13.2 Å². The lowest BCUT2D eigenvalue weighted by Crippen LogP contribution is -2.08. The molecule has 0 aliphatic heterocycles. The summed E-state index contributed by atoms with van der Waals surface area (Å²) in [5.74, 6) is 0.904. The summed E-state index contributed by atoms with van der Waals surface area (Å²) in [5.41, 5.74) is -0.177. The molecule has 0 amide bonds. The number of benzene rings is 1. The predicted octanol–water partition coefficient (Wildman–Crippen LogP) is 2.83. The highest BCUT2D eigenvalue weighted by Crippen LogP contribution is 2.29. The van der Waals surface area contributed by atoms with Gasteiger partial charge in [0.05, 0.1) is 12.0 Å². The maximum Gasteiger partial charge on any atom is 0.416 e. The Balaban J connectivity index is 2.02. The molecule has 0 aliphatic rings. The highest BCUT2D eigenvalue weighted by Gasteiger charge is 2.30. The van der Waals surface area contributed by atoms with Gasteiger partial charge in [0.15, 0.2) is 5.82 Å². The van der Waals surface area contributed by atoms with E-state index in [4.69, 9.17) is 4.52 Å². The van der Waals surface area contributed by atoms with Gasteiger partial charge in [0.2, 0.25) is 5.89 Å². The Morgan fingerprint density at radius 1 is 1.29 bits per heavy atom. The molecule has 1 N–H and O–H groups in total. The van der Waals surface area contributed by atoms with Gasteiger partial charge in [-0.3, -0.25) is 0 Å². The van der Waals surface area contributed by atoms with E-state index in [0.717, 1.165) is 25.1 Å². The normalized spacial score (nSPS) is 11.8. The molecule has 0 saturated carbocycles. The van der Waals surface area contributed by atoms with Crippen molar-refractivity contribution in [3.8, 4) is 0 Å². The fourth-order valence-corrected chi connectivity index (χ4v) is 1.92. The second kappa shape index (κ2) is 6.71. The largest absolute Gasteiger partial charge is 0.416 e. The predicted molar refractivity (Wildman–Crippen MR) is 70.8 cm³/mol. The summed E-state index contributed by atoms with van der Waals surface area (Å²) in [6.45, 7) is 0.845. The molecular weight excluding hydrogens is 283 g/mol. The molecule has 4 nitrogen and oxygen atoms in total. The zero-order valence-corrected chi connectivity index (χ0v) is 11.6. The van der Waals surface area contributed by atoms with E-state index in [-0.39, 0.29) is 6.42 Å². The molecule has 0 radical (unpaired) electrons. The fraction of sp³-hybridized carbons (Fsp3) is 0.429. The van der Waals surface area contributed by atoms with E-state index < -0.39 is 11.7 Å². The molecule has 1 aromatic carbocycles. The molecule has 0 spiro atoms. The summed E-state index contributed by atoms with van der Waals surface area (Å²) in [7, 11) is 1.86. The molecule has 1 aromatic heterocycles. The molecule has 2 rings (SSSR count). The minimum atomic E-state index is -4.34. The lowest BCUT2D eigenvalue weighted by molar-refractivity contribution is -0.137. The molecule has 1 heterocycles. The van der Waals surface area contributed by atoms with E-state index >= 15 is 0 Å². The van der Waals surface area contributed by atoms with Crippen molar-refractivity contribution in [3.63, 3.8) is 0 Å². The van der Waals surface area contributed by atoms with Crippen LogP contribution in [-0.4, -0.2) is 23.7 Å². The lowest BCUT2D eigenvalue weighted by Gasteiger charge is -2.07. The minimum Gasteiger partial charge on any atom is -0.339 e. The van der Waals surface area contributed by atoms with E-state index in [1.807, 2.05) is 7.05 Å². The number of nitrogens with zero attached hydrogens (tertiary/aromatic N) is 2. The molecule has 0 bridgehead atoms. The summed E-state index contributed by atoms with van der Waals surface area (Å²) >= 11 is 0. The second-order valence-electron chi connectivity index (χ2n) is 4.69. The standard InChI is InChI=1S/C14H16F3N3O/c1-18-7-3-6-12-19-13(21-20-12)9-10-4-2-5-11(8-10)14(15,16)17/h2,4-5,8,18H,3,6-7,9H2,1H3. The SMILES string of the molecule is CNCCCc1noc(Cc2cccc(C(F)(F)F)c2)n1. The summed E-state index contributed by atoms with van der Waals surface area (Å²) in [6, 6.07) is 5.13. The first kappa shape index (κ1) is 15.5. The summed E-state index contributed by atoms with van der Waals surface area (Å²) in [4.78, 5) is 4.18. The number of aromatic nitrogens is 2. The average molecular weight is 299 g/mol. The molecule has 21 heavy (non-hydrogen) atoms. The van der Waals surface area contributed by atoms with Gasteiger partial charge in [-0.05, 0) is 31.6 Å². The van der Waals surface area contributed by atoms with Gasteiger partial charge in [0, 0.05) is 6.42 Å². The molecule has 7 heteroatoms. The Morgan fingerprint density at radius 2 is 2.10 bits per heavy atom. The topological polar surface area (TPSA) is 51.0 Å². The second-order valence-corrected chi connectivity index (χ2v) is 4.69. The van der Waals surface area contributed by atoms with Crippen LogP contribution in [0.2, 0.25) is 0 Å². The number of halogens is 3. The van der Waals surface area contributed by atoms with Crippen LogP contribution in [-0.2, 0) is 19.0 Å². The van der Waals surface area contributed by atoms with Crippen LogP contribution in [0.1, 0.15) is 29.3 Å². The molecular formula is C14H16F3N3O. The number of nitrogens with one attached hydrogen (secondary N) is 1. The van der Waals surface area contributed by atoms with Crippen molar-refractivity contribution < 1.29 is 17.7 Å².